The Kier molecular flexibility index (Phi) is 8.42. The molecule has 0 bridgehead atoms. The first kappa shape index (κ1) is 27.3. The van der Waals surface area contributed by atoms with E-state index >= 15 is 0 Å². The quantitative estimate of drug-likeness (QED) is 0.384. The number of carbonyl (C=O) groups is 1. The summed E-state index contributed by atoms with van der Waals surface area (Å²) in [5.74, 6) is 0.636. The topological polar surface area (TPSA) is 110 Å². The smallest absolute Gasteiger partial charge is 0.423 e. The molecule has 1 aliphatic heterocycles. The van der Waals surface area contributed by atoms with Gasteiger partial charge in [0.1, 0.15) is 11.3 Å². The number of halogens is 3. The van der Waals surface area contributed by atoms with E-state index in [-0.39, 0.29) is 23.9 Å². The Morgan fingerprint density at radius 2 is 1.84 bits per heavy atom. The zero-order valence-corrected chi connectivity index (χ0v) is 20.9. The Hall–Kier alpha value is -3.77. The molecule has 2 aliphatic rings. The summed E-state index contributed by atoms with van der Waals surface area (Å²) in [4.78, 5) is 30.0. The molecule has 0 radical (unpaired) electrons. The highest BCUT2D eigenvalue weighted by Crippen LogP contribution is 2.38. The van der Waals surface area contributed by atoms with Crippen molar-refractivity contribution in [3.8, 4) is 5.75 Å². The molecule has 1 aliphatic carbocycles. The molecule has 1 aromatic heterocycles. The van der Waals surface area contributed by atoms with Crippen molar-refractivity contribution in [2.45, 2.75) is 50.9 Å². The molecular formula is C25H30F3N5O5. The number of nitro groups is 1. The van der Waals surface area contributed by atoms with E-state index in [1.54, 1.807) is 24.2 Å². The van der Waals surface area contributed by atoms with Crippen LogP contribution in [0.5, 0.6) is 5.75 Å². The average molecular weight is 538 g/mol. The van der Waals surface area contributed by atoms with Crippen LogP contribution in [0, 0.1) is 10.1 Å². The molecule has 2 heterocycles. The molecule has 4 rings (SSSR count). The summed E-state index contributed by atoms with van der Waals surface area (Å²) in [6.07, 6.45) is 0.958. The predicted molar refractivity (Wildman–Crippen MR) is 133 cm³/mol. The molecule has 10 nitrogen and oxygen atoms in total. The lowest BCUT2D eigenvalue weighted by Crippen LogP contribution is -2.49. The second-order valence-corrected chi connectivity index (χ2v) is 9.27. The fourth-order valence-electron chi connectivity index (χ4n) is 4.77. The van der Waals surface area contributed by atoms with Gasteiger partial charge < -0.3 is 24.6 Å². The molecule has 1 N–H and O–H groups in total. The summed E-state index contributed by atoms with van der Waals surface area (Å²) in [6.45, 7) is 4.54. The third-order valence-electron chi connectivity index (χ3n) is 6.72. The van der Waals surface area contributed by atoms with Crippen LogP contribution < -0.4 is 15.0 Å². The predicted octanol–water partition coefficient (Wildman–Crippen LogP) is 5.09. The molecule has 0 unspecified atom stereocenters. The number of carbonyl (C=O) groups excluding carboxylic acids is 1. The van der Waals surface area contributed by atoms with Gasteiger partial charge >= 0.3 is 12.3 Å². The van der Waals surface area contributed by atoms with Crippen LogP contribution in [0.2, 0.25) is 0 Å². The van der Waals surface area contributed by atoms with Gasteiger partial charge in [0, 0.05) is 50.0 Å². The summed E-state index contributed by atoms with van der Waals surface area (Å²) >= 11 is 0. The summed E-state index contributed by atoms with van der Waals surface area (Å²) in [7, 11) is 0. The lowest BCUT2D eigenvalue weighted by Gasteiger charge is -2.35. The minimum Gasteiger partial charge on any atom is -0.489 e. The maximum atomic E-state index is 13.3. The van der Waals surface area contributed by atoms with Crippen molar-refractivity contribution in [3.05, 3.63) is 52.3 Å². The summed E-state index contributed by atoms with van der Waals surface area (Å²) in [5.41, 5.74) is -1.12. The Labute approximate surface area is 217 Å². The number of rotatable bonds is 7. The van der Waals surface area contributed by atoms with Gasteiger partial charge in [-0.1, -0.05) is 0 Å². The van der Waals surface area contributed by atoms with E-state index in [0.29, 0.717) is 64.2 Å². The zero-order chi connectivity index (χ0) is 27.3. The SMILES string of the molecule is CCOC(=O)N1CCN(c2cncc(OC3CCC(Nc4ccc([N+](=O)[O-])c(C(F)(F)F)c4)CC3)c2)CC1. The fourth-order valence-corrected chi connectivity index (χ4v) is 4.77. The van der Waals surface area contributed by atoms with Gasteiger partial charge in [0.2, 0.25) is 0 Å². The lowest BCUT2D eigenvalue weighted by molar-refractivity contribution is -0.388. The van der Waals surface area contributed by atoms with Crippen LogP contribution in [0.1, 0.15) is 38.2 Å². The van der Waals surface area contributed by atoms with Crippen molar-refractivity contribution in [2.24, 2.45) is 0 Å². The average Bonchev–Trinajstić information content (AvgIpc) is 2.89. The summed E-state index contributed by atoms with van der Waals surface area (Å²) in [5, 5.41) is 14.1. The highest BCUT2D eigenvalue weighted by Gasteiger charge is 2.38. The fraction of sp³-hybridized carbons (Fsp3) is 0.520. The van der Waals surface area contributed by atoms with Gasteiger partial charge in [-0.15, -0.1) is 0 Å². The molecule has 0 atom stereocenters. The number of ether oxygens (including phenoxy) is 2. The van der Waals surface area contributed by atoms with E-state index in [1.807, 2.05) is 6.07 Å². The maximum Gasteiger partial charge on any atom is 0.423 e. The van der Waals surface area contributed by atoms with E-state index in [1.165, 1.54) is 6.07 Å². The molecule has 2 aromatic rings. The number of piperazine rings is 1. The molecule has 1 amide bonds. The minimum absolute atomic E-state index is 0.0617. The van der Waals surface area contributed by atoms with E-state index in [9.17, 15) is 28.1 Å². The number of amides is 1. The standard InChI is InChI=1S/C25H30F3N5O5/c1-2-37-24(34)32-11-9-31(10-12-32)19-14-21(16-29-15-19)38-20-6-3-17(4-7-20)30-18-5-8-23(33(35)36)22(13-18)25(26,27)28/h5,8,13-17,20,30H,2-4,6-7,9-12H2,1H3. The molecule has 1 saturated carbocycles. The Morgan fingerprint density at radius 3 is 2.47 bits per heavy atom. The number of aromatic nitrogens is 1. The second-order valence-electron chi connectivity index (χ2n) is 9.27. The van der Waals surface area contributed by atoms with Gasteiger partial charge in [-0.05, 0) is 44.7 Å². The van der Waals surface area contributed by atoms with E-state index < -0.39 is 22.4 Å². The molecule has 38 heavy (non-hydrogen) atoms. The van der Waals surface area contributed by atoms with Crippen molar-refractivity contribution in [1.82, 2.24) is 9.88 Å². The van der Waals surface area contributed by atoms with E-state index in [2.05, 4.69) is 15.2 Å². The van der Waals surface area contributed by atoms with Gasteiger partial charge in [0.05, 0.1) is 35.7 Å². The molecule has 2 fully saturated rings. The zero-order valence-electron chi connectivity index (χ0n) is 20.9. The number of alkyl halides is 3. The first-order valence-corrected chi connectivity index (χ1v) is 12.5. The van der Waals surface area contributed by atoms with Crippen molar-refractivity contribution >= 4 is 23.2 Å². The minimum atomic E-state index is -4.82. The van der Waals surface area contributed by atoms with E-state index in [0.717, 1.165) is 17.8 Å². The van der Waals surface area contributed by atoms with Gasteiger partial charge in [-0.2, -0.15) is 13.2 Å². The third kappa shape index (κ3) is 6.75. The van der Waals surface area contributed by atoms with Gasteiger partial charge in [-0.3, -0.25) is 15.1 Å². The number of pyridine rings is 1. The number of hydrogen-bond donors (Lipinski definition) is 1. The van der Waals surface area contributed by atoms with Crippen molar-refractivity contribution in [3.63, 3.8) is 0 Å². The number of anilines is 2. The normalized spacial score (nSPS) is 20.1. The number of nitrogens with zero attached hydrogens (tertiary/aromatic N) is 4. The van der Waals surface area contributed by atoms with E-state index in [4.69, 9.17) is 9.47 Å². The monoisotopic (exact) mass is 537 g/mol. The van der Waals surface area contributed by atoms with Crippen LogP contribution in [0.4, 0.5) is 35.0 Å². The van der Waals surface area contributed by atoms with Crippen molar-refractivity contribution in [2.75, 3.05) is 43.0 Å². The Bertz CT molecular complexity index is 1130. The first-order chi connectivity index (χ1) is 18.1. The van der Waals surface area contributed by atoms with Crippen LogP contribution in [0.15, 0.2) is 36.7 Å². The molecular weight excluding hydrogens is 507 g/mol. The lowest BCUT2D eigenvalue weighted by atomic mass is 9.92. The number of hydrogen-bond acceptors (Lipinski definition) is 8. The molecule has 1 saturated heterocycles. The maximum absolute atomic E-state index is 13.3. The Balaban J connectivity index is 1.29. The van der Waals surface area contributed by atoms with Crippen molar-refractivity contribution < 1.29 is 32.4 Å². The third-order valence-corrected chi connectivity index (χ3v) is 6.72. The van der Waals surface area contributed by atoms with Gasteiger partial charge in [-0.25, -0.2) is 4.79 Å². The number of nitro benzene ring substituents is 1. The van der Waals surface area contributed by atoms with Gasteiger partial charge in [0.15, 0.2) is 0 Å². The number of benzene rings is 1. The summed E-state index contributed by atoms with van der Waals surface area (Å²) < 4.78 is 51.0. The second kappa shape index (κ2) is 11.7. The molecule has 0 spiro atoms. The molecule has 206 valence electrons. The van der Waals surface area contributed by atoms with Crippen LogP contribution in [-0.4, -0.2) is 65.8 Å². The van der Waals surface area contributed by atoms with Gasteiger partial charge in [0.25, 0.3) is 5.69 Å². The first-order valence-electron chi connectivity index (χ1n) is 12.5. The van der Waals surface area contributed by atoms with Crippen LogP contribution >= 0.6 is 0 Å². The number of nitrogens with one attached hydrogen (secondary N) is 1. The molecule has 13 heteroatoms. The van der Waals surface area contributed by atoms with Crippen LogP contribution in [-0.2, 0) is 10.9 Å². The summed E-state index contributed by atoms with van der Waals surface area (Å²) in [6, 6.07) is 4.84. The van der Waals surface area contributed by atoms with Crippen LogP contribution in [0.3, 0.4) is 0 Å². The van der Waals surface area contributed by atoms with Crippen molar-refractivity contribution in [1.29, 1.82) is 0 Å². The Morgan fingerprint density at radius 1 is 1.13 bits per heavy atom. The van der Waals surface area contributed by atoms with Crippen LogP contribution in [0.25, 0.3) is 0 Å². The largest absolute Gasteiger partial charge is 0.489 e. The molecule has 1 aromatic carbocycles. The highest BCUT2D eigenvalue weighted by molar-refractivity contribution is 5.68. The highest BCUT2D eigenvalue weighted by atomic mass is 19.4.